The van der Waals surface area contributed by atoms with Gasteiger partial charge in [0.1, 0.15) is 6.71 Å². The zero-order valence-electron chi connectivity index (χ0n) is 11.7. The molecule has 0 aromatic heterocycles. The molecule has 1 heteroatoms. The van der Waals surface area contributed by atoms with Crippen molar-refractivity contribution in [1.29, 1.82) is 0 Å². The van der Waals surface area contributed by atoms with Crippen LogP contribution in [0.2, 0.25) is 19.0 Å². The minimum atomic E-state index is 0.939. The van der Waals surface area contributed by atoms with E-state index < -0.39 is 0 Å². The van der Waals surface area contributed by atoms with Crippen molar-refractivity contribution in [1.82, 2.24) is 0 Å². The molecule has 2 unspecified atom stereocenters. The molecule has 0 saturated carbocycles. The van der Waals surface area contributed by atoms with Crippen LogP contribution in [0.3, 0.4) is 0 Å². The topological polar surface area (TPSA) is 0 Å². The highest BCUT2D eigenvalue weighted by atomic mass is 14.0. The Morgan fingerprint density at radius 3 is 1.47 bits per heavy atom. The molecule has 0 N–H and O–H groups in total. The van der Waals surface area contributed by atoms with Crippen LogP contribution in [0, 0.1) is 11.8 Å². The molecule has 0 spiro atoms. The summed E-state index contributed by atoms with van der Waals surface area (Å²) in [5.41, 5.74) is 0. The van der Waals surface area contributed by atoms with Gasteiger partial charge in [-0.2, -0.15) is 0 Å². The number of hydrogen-bond donors (Lipinski definition) is 0. The average molecular weight is 210 g/mol. The summed E-state index contributed by atoms with van der Waals surface area (Å²) in [4.78, 5) is 0. The van der Waals surface area contributed by atoms with E-state index >= 15 is 0 Å². The molecule has 0 aliphatic heterocycles. The molecule has 2 atom stereocenters. The first-order chi connectivity index (χ1) is 7.13. The Morgan fingerprint density at radius 2 is 1.20 bits per heavy atom. The van der Waals surface area contributed by atoms with Crippen molar-refractivity contribution in [3.8, 4) is 0 Å². The summed E-state index contributed by atoms with van der Waals surface area (Å²) in [6.07, 6.45) is 9.82. The molecule has 0 nitrogen and oxygen atoms in total. The van der Waals surface area contributed by atoms with Gasteiger partial charge in [0.05, 0.1) is 0 Å². The largest absolute Gasteiger partial charge is 0.140 e. The molecular weight excluding hydrogens is 179 g/mol. The lowest BCUT2D eigenvalue weighted by molar-refractivity contribution is 0.548. The van der Waals surface area contributed by atoms with Gasteiger partial charge in [0, 0.05) is 0 Å². The van der Waals surface area contributed by atoms with Gasteiger partial charge < -0.3 is 0 Å². The molecule has 0 aliphatic carbocycles. The lowest BCUT2D eigenvalue weighted by Crippen LogP contribution is -2.18. The Kier molecular flexibility index (Phi) is 9.34. The van der Waals surface area contributed by atoms with Crippen molar-refractivity contribution in [3.63, 3.8) is 0 Å². The van der Waals surface area contributed by atoms with Crippen LogP contribution in [-0.2, 0) is 0 Å². The van der Waals surface area contributed by atoms with Gasteiger partial charge in [0.15, 0.2) is 0 Å². The minimum absolute atomic E-state index is 0.939. The maximum Gasteiger partial charge on any atom is 0.140 e. The average Bonchev–Trinajstić information content (AvgIpc) is 2.17. The third-order valence-corrected chi connectivity index (χ3v) is 3.61. The van der Waals surface area contributed by atoms with Crippen molar-refractivity contribution >= 4 is 6.71 Å². The molecule has 90 valence electrons. The predicted octanol–water partition coefficient (Wildman–Crippen LogP) is 5.37. The predicted molar refractivity (Wildman–Crippen MR) is 74.0 cm³/mol. The van der Waals surface area contributed by atoms with Crippen LogP contribution in [0.4, 0.5) is 0 Å². The van der Waals surface area contributed by atoms with E-state index in [0.717, 1.165) is 18.5 Å². The van der Waals surface area contributed by atoms with Crippen molar-refractivity contribution in [2.75, 3.05) is 0 Å². The minimum Gasteiger partial charge on any atom is -0.0770 e. The SMILES string of the molecule is CCCC(C)CB(CC)CC(C)CCC. The summed E-state index contributed by atoms with van der Waals surface area (Å²) in [6.45, 7) is 12.8. The second-order valence-corrected chi connectivity index (χ2v) is 5.53. The van der Waals surface area contributed by atoms with Crippen molar-refractivity contribution in [3.05, 3.63) is 0 Å². The first kappa shape index (κ1) is 15.1. The molecule has 15 heavy (non-hydrogen) atoms. The van der Waals surface area contributed by atoms with Gasteiger partial charge in [-0.05, 0) is 0 Å². The van der Waals surface area contributed by atoms with E-state index in [1.807, 2.05) is 0 Å². The molecule has 0 aromatic rings. The van der Waals surface area contributed by atoms with Crippen molar-refractivity contribution < 1.29 is 0 Å². The van der Waals surface area contributed by atoms with E-state index in [4.69, 9.17) is 0 Å². The van der Waals surface area contributed by atoms with Crippen molar-refractivity contribution in [2.24, 2.45) is 11.8 Å². The summed E-state index contributed by atoms with van der Waals surface area (Å²) in [5, 5.41) is 0. The third kappa shape index (κ3) is 7.93. The summed E-state index contributed by atoms with van der Waals surface area (Å²) < 4.78 is 0. The zero-order valence-corrected chi connectivity index (χ0v) is 11.7. The van der Waals surface area contributed by atoms with Gasteiger partial charge in [0.2, 0.25) is 0 Å². The molecule has 0 radical (unpaired) electrons. The van der Waals surface area contributed by atoms with Crippen LogP contribution in [0.5, 0.6) is 0 Å². The third-order valence-electron chi connectivity index (χ3n) is 3.61. The van der Waals surface area contributed by atoms with E-state index in [0.29, 0.717) is 0 Å². The quantitative estimate of drug-likeness (QED) is 0.448. The van der Waals surface area contributed by atoms with Gasteiger partial charge in [-0.15, -0.1) is 0 Å². The fraction of sp³-hybridized carbons (Fsp3) is 1.00. The van der Waals surface area contributed by atoms with E-state index in [-0.39, 0.29) is 0 Å². The zero-order chi connectivity index (χ0) is 11.7. The van der Waals surface area contributed by atoms with E-state index in [2.05, 4.69) is 34.6 Å². The summed E-state index contributed by atoms with van der Waals surface area (Å²) in [7, 11) is 0. The van der Waals surface area contributed by atoms with Crippen LogP contribution >= 0.6 is 0 Å². The fourth-order valence-corrected chi connectivity index (χ4v) is 2.79. The molecule has 0 amide bonds. The first-order valence-electron chi connectivity index (χ1n) is 7.13. The lowest BCUT2D eigenvalue weighted by atomic mass is 9.39. The monoisotopic (exact) mass is 210 g/mol. The molecule has 0 heterocycles. The highest BCUT2D eigenvalue weighted by molar-refractivity contribution is 6.58. The van der Waals surface area contributed by atoms with E-state index in [1.165, 1.54) is 44.6 Å². The Bertz CT molecular complexity index is 119. The second-order valence-electron chi connectivity index (χ2n) is 5.53. The molecule has 0 rings (SSSR count). The van der Waals surface area contributed by atoms with Gasteiger partial charge in [0.25, 0.3) is 0 Å². The fourth-order valence-electron chi connectivity index (χ4n) is 2.79. The Labute approximate surface area is 98.3 Å². The Morgan fingerprint density at radius 1 is 0.800 bits per heavy atom. The number of rotatable bonds is 9. The lowest BCUT2D eigenvalue weighted by Gasteiger charge is -2.20. The van der Waals surface area contributed by atoms with Gasteiger partial charge in [-0.1, -0.05) is 91.1 Å². The van der Waals surface area contributed by atoms with Crippen LogP contribution < -0.4 is 0 Å². The van der Waals surface area contributed by atoms with Crippen LogP contribution in [0.15, 0.2) is 0 Å². The highest BCUT2D eigenvalue weighted by Gasteiger charge is 2.17. The first-order valence-corrected chi connectivity index (χ1v) is 7.13. The Balaban J connectivity index is 3.80. The van der Waals surface area contributed by atoms with E-state index in [1.54, 1.807) is 0 Å². The van der Waals surface area contributed by atoms with Gasteiger partial charge >= 0.3 is 0 Å². The summed E-state index contributed by atoms with van der Waals surface area (Å²) >= 11 is 0. The van der Waals surface area contributed by atoms with Crippen LogP contribution in [-0.4, -0.2) is 6.71 Å². The normalized spacial score (nSPS) is 15.0. The number of hydrogen-bond acceptors (Lipinski definition) is 0. The highest BCUT2D eigenvalue weighted by Crippen LogP contribution is 2.22. The van der Waals surface area contributed by atoms with Gasteiger partial charge in [-0.3, -0.25) is 0 Å². The smallest absolute Gasteiger partial charge is 0.0770 e. The van der Waals surface area contributed by atoms with E-state index in [9.17, 15) is 0 Å². The van der Waals surface area contributed by atoms with Crippen molar-refractivity contribution in [2.45, 2.75) is 79.3 Å². The maximum absolute atomic E-state index is 2.43. The summed E-state index contributed by atoms with van der Waals surface area (Å²) in [6, 6.07) is 0. The molecule has 0 fully saturated rings. The maximum atomic E-state index is 2.43. The molecule has 0 bridgehead atoms. The summed E-state index contributed by atoms with van der Waals surface area (Å²) in [5.74, 6) is 1.88. The second kappa shape index (κ2) is 9.30. The molecule has 0 aliphatic rings. The standard InChI is InChI=1S/C14H31B/c1-6-9-13(4)11-15(8-3)12-14(5)10-7-2/h13-14H,6-12H2,1-5H3. The molecular formula is C14H31B. The molecule has 0 saturated heterocycles. The van der Waals surface area contributed by atoms with Gasteiger partial charge in [-0.25, -0.2) is 0 Å². The molecule has 0 aromatic carbocycles. The van der Waals surface area contributed by atoms with Crippen LogP contribution in [0.1, 0.15) is 60.3 Å². The van der Waals surface area contributed by atoms with Crippen LogP contribution in [0.25, 0.3) is 0 Å². The Hall–Kier alpha value is 0.0649.